The van der Waals surface area contributed by atoms with E-state index >= 15 is 0 Å². The zero-order chi connectivity index (χ0) is 18.4. The molecule has 0 unspecified atom stereocenters. The van der Waals surface area contributed by atoms with Gasteiger partial charge in [-0.2, -0.15) is 0 Å². The highest BCUT2D eigenvalue weighted by Crippen LogP contribution is 2.29. The number of hydrogen-bond donors (Lipinski definition) is 1. The molecule has 1 N–H and O–H groups in total. The summed E-state index contributed by atoms with van der Waals surface area (Å²) in [5.74, 6) is 0.263. The molecule has 0 fully saturated rings. The SMILES string of the molecule is CC(=O)O[C@H](C)CCOc1ccc(-c2cccc(CO)c2C)c(C)n1. The average Bonchev–Trinajstić information content (AvgIpc) is 2.55. The topological polar surface area (TPSA) is 68.7 Å². The Morgan fingerprint density at radius 1 is 1.20 bits per heavy atom. The molecule has 5 nitrogen and oxygen atoms in total. The second kappa shape index (κ2) is 8.62. The molecule has 0 radical (unpaired) electrons. The van der Waals surface area contributed by atoms with E-state index in [1.807, 2.05) is 51.1 Å². The quantitative estimate of drug-likeness (QED) is 0.778. The molecule has 0 bridgehead atoms. The van der Waals surface area contributed by atoms with Crippen LogP contribution in [0.5, 0.6) is 5.88 Å². The minimum Gasteiger partial charge on any atom is -0.478 e. The number of aliphatic hydroxyl groups is 1. The molecule has 0 spiro atoms. The number of aryl methyl sites for hydroxylation is 1. The molecule has 5 heteroatoms. The van der Waals surface area contributed by atoms with Gasteiger partial charge in [0.05, 0.1) is 13.2 Å². The van der Waals surface area contributed by atoms with Gasteiger partial charge >= 0.3 is 5.97 Å². The molecule has 0 aliphatic rings. The third-order valence-corrected chi connectivity index (χ3v) is 4.11. The van der Waals surface area contributed by atoms with Crippen LogP contribution in [0.3, 0.4) is 0 Å². The largest absolute Gasteiger partial charge is 0.478 e. The number of carbonyl (C=O) groups excluding carboxylic acids is 1. The Hall–Kier alpha value is -2.40. The highest BCUT2D eigenvalue weighted by atomic mass is 16.5. The van der Waals surface area contributed by atoms with Gasteiger partial charge in [-0.3, -0.25) is 4.79 Å². The Morgan fingerprint density at radius 2 is 1.96 bits per heavy atom. The first-order valence-corrected chi connectivity index (χ1v) is 8.39. The van der Waals surface area contributed by atoms with Gasteiger partial charge in [-0.1, -0.05) is 18.2 Å². The Bertz CT molecular complexity index is 742. The summed E-state index contributed by atoms with van der Waals surface area (Å²) in [6.45, 7) is 7.63. The molecule has 134 valence electrons. The summed E-state index contributed by atoms with van der Waals surface area (Å²) in [7, 11) is 0. The molecule has 1 aromatic carbocycles. The lowest BCUT2D eigenvalue weighted by atomic mass is 9.96. The molecule has 1 aromatic heterocycles. The highest BCUT2D eigenvalue weighted by Gasteiger charge is 2.11. The molecule has 2 rings (SSSR count). The summed E-state index contributed by atoms with van der Waals surface area (Å²) in [6.07, 6.45) is 0.432. The standard InChI is InChI=1S/C20H25NO4/c1-13(25-16(4)23)10-11-24-20-9-8-19(15(3)21-20)18-7-5-6-17(12-22)14(18)2/h5-9,13,22H,10-12H2,1-4H3/t13-/m1/s1. The van der Waals surface area contributed by atoms with Gasteiger partial charge in [-0.15, -0.1) is 0 Å². The predicted molar refractivity (Wildman–Crippen MR) is 96.4 cm³/mol. The van der Waals surface area contributed by atoms with E-state index in [-0.39, 0.29) is 18.7 Å². The molecule has 0 amide bonds. The summed E-state index contributed by atoms with van der Waals surface area (Å²) < 4.78 is 10.7. The van der Waals surface area contributed by atoms with Crippen molar-refractivity contribution < 1.29 is 19.4 Å². The first-order chi connectivity index (χ1) is 11.9. The van der Waals surface area contributed by atoms with Crippen molar-refractivity contribution in [1.29, 1.82) is 0 Å². The summed E-state index contributed by atoms with van der Waals surface area (Å²) in [5, 5.41) is 9.43. The molecular weight excluding hydrogens is 318 g/mol. The number of pyridine rings is 1. The minimum atomic E-state index is -0.286. The van der Waals surface area contributed by atoms with Crippen molar-refractivity contribution >= 4 is 5.97 Å². The van der Waals surface area contributed by atoms with Gasteiger partial charge in [-0.05, 0) is 43.5 Å². The average molecular weight is 343 g/mol. The molecule has 0 aliphatic heterocycles. The maximum Gasteiger partial charge on any atom is 0.302 e. The van der Waals surface area contributed by atoms with Crippen molar-refractivity contribution in [2.24, 2.45) is 0 Å². The lowest BCUT2D eigenvalue weighted by molar-refractivity contribution is -0.145. The van der Waals surface area contributed by atoms with Gasteiger partial charge in [0.15, 0.2) is 0 Å². The second-order valence-electron chi connectivity index (χ2n) is 6.09. The fraction of sp³-hybridized carbons (Fsp3) is 0.400. The summed E-state index contributed by atoms with van der Waals surface area (Å²) >= 11 is 0. The second-order valence-corrected chi connectivity index (χ2v) is 6.09. The number of aliphatic hydroxyl groups excluding tert-OH is 1. The Kier molecular flexibility index (Phi) is 6.53. The van der Waals surface area contributed by atoms with Crippen LogP contribution < -0.4 is 4.74 Å². The zero-order valence-electron chi connectivity index (χ0n) is 15.2. The van der Waals surface area contributed by atoms with E-state index in [4.69, 9.17) is 9.47 Å². The fourth-order valence-electron chi connectivity index (χ4n) is 2.72. The first-order valence-electron chi connectivity index (χ1n) is 8.39. The molecule has 0 aliphatic carbocycles. The number of nitrogens with zero attached hydrogens (tertiary/aromatic N) is 1. The van der Waals surface area contributed by atoms with E-state index < -0.39 is 0 Å². The lowest BCUT2D eigenvalue weighted by Gasteiger charge is -2.14. The third kappa shape index (κ3) is 5.03. The number of hydrogen-bond acceptors (Lipinski definition) is 5. The van der Waals surface area contributed by atoms with Crippen LogP contribution in [0.1, 0.15) is 37.1 Å². The van der Waals surface area contributed by atoms with Crippen LogP contribution in [-0.2, 0) is 16.1 Å². The first kappa shape index (κ1) is 18.9. The van der Waals surface area contributed by atoms with E-state index in [0.29, 0.717) is 18.9 Å². The lowest BCUT2D eigenvalue weighted by Crippen LogP contribution is -2.15. The number of esters is 1. The maximum atomic E-state index is 10.9. The zero-order valence-corrected chi connectivity index (χ0v) is 15.2. The molecule has 1 atom stereocenters. The van der Waals surface area contributed by atoms with E-state index in [0.717, 1.165) is 27.9 Å². The van der Waals surface area contributed by atoms with Crippen molar-refractivity contribution in [2.45, 2.75) is 46.8 Å². The normalized spacial score (nSPS) is 11.9. The van der Waals surface area contributed by atoms with Gasteiger partial charge in [0.25, 0.3) is 0 Å². The van der Waals surface area contributed by atoms with Gasteiger partial charge in [0.1, 0.15) is 6.10 Å². The van der Waals surface area contributed by atoms with Crippen molar-refractivity contribution in [3.63, 3.8) is 0 Å². The van der Waals surface area contributed by atoms with Crippen molar-refractivity contribution in [3.05, 3.63) is 47.2 Å². The van der Waals surface area contributed by atoms with Crippen LogP contribution in [0.25, 0.3) is 11.1 Å². The Labute approximate surface area is 148 Å². The van der Waals surface area contributed by atoms with Crippen LogP contribution >= 0.6 is 0 Å². The number of ether oxygens (including phenoxy) is 2. The number of benzene rings is 1. The molecule has 0 saturated heterocycles. The number of aromatic nitrogens is 1. The van der Waals surface area contributed by atoms with Crippen molar-refractivity contribution in [2.75, 3.05) is 6.61 Å². The molecule has 0 saturated carbocycles. The van der Waals surface area contributed by atoms with E-state index in [9.17, 15) is 9.90 Å². The summed E-state index contributed by atoms with van der Waals surface area (Å²) in [4.78, 5) is 15.4. The fourth-order valence-corrected chi connectivity index (χ4v) is 2.72. The molecule has 1 heterocycles. The van der Waals surface area contributed by atoms with E-state index in [1.165, 1.54) is 6.92 Å². The van der Waals surface area contributed by atoms with E-state index in [2.05, 4.69) is 4.98 Å². The third-order valence-electron chi connectivity index (χ3n) is 4.11. The predicted octanol–water partition coefficient (Wildman–Crippen LogP) is 3.58. The van der Waals surface area contributed by atoms with Crippen LogP contribution in [0.2, 0.25) is 0 Å². The minimum absolute atomic E-state index is 0.0217. The van der Waals surface area contributed by atoms with Gasteiger partial charge in [-0.25, -0.2) is 4.98 Å². The van der Waals surface area contributed by atoms with Crippen LogP contribution in [-0.4, -0.2) is 28.8 Å². The Morgan fingerprint density at radius 3 is 2.60 bits per heavy atom. The maximum absolute atomic E-state index is 10.9. The van der Waals surface area contributed by atoms with E-state index in [1.54, 1.807) is 0 Å². The molecule has 2 aromatic rings. The number of rotatable bonds is 7. The monoisotopic (exact) mass is 343 g/mol. The summed E-state index contributed by atoms with van der Waals surface area (Å²) in [6, 6.07) is 9.71. The van der Waals surface area contributed by atoms with Crippen LogP contribution in [0, 0.1) is 13.8 Å². The van der Waals surface area contributed by atoms with Crippen molar-refractivity contribution in [3.8, 4) is 17.0 Å². The van der Waals surface area contributed by atoms with Gasteiger partial charge in [0, 0.05) is 30.7 Å². The van der Waals surface area contributed by atoms with Crippen molar-refractivity contribution in [1.82, 2.24) is 4.98 Å². The smallest absolute Gasteiger partial charge is 0.302 e. The molecule has 25 heavy (non-hydrogen) atoms. The van der Waals surface area contributed by atoms with Gasteiger partial charge < -0.3 is 14.6 Å². The molecular formula is C20H25NO4. The Balaban J connectivity index is 2.07. The number of carbonyl (C=O) groups is 1. The highest BCUT2D eigenvalue weighted by molar-refractivity contribution is 5.70. The van der Waals surface area contributed by atoms with Crippen LogP contribution in [0.4, 0.5) is 0 Å². The van der Waals surface area contributed by atoms with Gasteiger partial charge in [0.2, 0.25) is 5.88 Å². The summed E-state index contributed by atoms with van der Waals surface area (Å²) in [5.41, 5.74) is 4.92. The van der Waals surface area contributed by atoms with Crippen LogP contribution in [0.15, 0.2) is 30.3 Å².